The number of nitrogens with zero attached hydrogens (tertiary/aromatic N) is 3. The minimum atomic E-state index is -3.50. The van der Waals surface area contributed by atoms with Gasteiger partial charge in [-0.1, -0.05) is 11.2 Å². The van der Waals surface area contributed by atoms with E-state index in [2.05, 4.69) is 14.7 Å². The monoisotopic (exact) mass is 266 g/mol. The molecule has 96 valence electrons. The highest BCUT2D eigenvalue weighted by Crippen LogP contribution is 2.24. The molecule has 6 nitrogen and oxygen atoms in total. The molecule has 0 amide bonds. The third kappa shape index (κ3) is 2.81. The topological polar surface area (TPSA) is 94.9 Å². The summed E-state index contributed by atoms with van der Waals surface area (Å²) in [5, 5.41) is 3.28. The number of rotatable bonds is 5. The van der Waals surface area contributed by atoms with Crippen LogP contribution in [0, 0.1) is 0 Å². The zero-order chi connectivity index (χ0) is 13.0. The van der Waals surface area contributed by atoms with Gasteiger partial charge in [-0.3, -0.25) is 0 Å². The van der Waals surface area contributed by atoms with Gasteiger partial charge >= 0.3 is 0 Å². The van der Waals surface area contributed by atoms with Crippen LogP contribution in [0.3, 0.4) is 0 Å². The molecule has 1 aromatic carbocycles. The maximum Gasteiger partial charge on any atom is 0.240 e. The average Bonchev–Trinajstić information content (AvgIpc) is 2.82. The summed E-state index contributed by atoms with van der Waals surface area (Å²) in [4.78, 5) is 2.85. The quantitative estimate of drug-likeness (QED) is 0.380. The molecule has 0 saturated carbocycles. The minimum Gasteiger partial charge on any atom is -0.211 e. The summed E-state index contributed by atoms with van der Waals surface area (Å²) in [5.74, 6) is 0. The van der Waals surface area contributed by atoms with Gasteiger partial charge in [0.15, 0.2) is 0 Å². The molecule has 0 unspecified atom stereocenters. The molecule has 18 heavy (non-hydrogen) atoms. The van der Waals surface area contributed by atoms with Crippen molar-refractivity contribution in [3.05, 3.63) is 39.8 Å². The Kier molecular flexibility index (Phi) is 3.86. The lowest BCUT2D eigenvalue weighted by Gasteiger charge is -2.07. The van der Waals surface area contributed by atoms with Crippen molar-refractivity contribution in [2.45, 2.75) is 24.2 Å². The van der Waals surface area contributed by atoms with E-state index in [1.54, 1.807) is 12.1 Å². The van der Waals surface area contributed by atoms with E-state index in [1.807, 2.05) is 6.07 Å². The highest BCUT2D eigenvalue weighted by Gasteiger charge is 2.17. The first-order valence-electron chi connectivity index (χ1n) is 5.76. The molecule has 7 heteroatoms. The van der Waals surface area contributed by atoms with E-state index >= 15 is 0 Å². The Bertz CT molecular complexity index is 591. The number of benzene rings is 1. The van der Waals surface area contributed by atoms with E-state index in [4.69, 9.17) is 5.53 Å². The van der Waals surface area contributed by atoms with E-state index in [0.29, 0.717) is 0 Å². The van der Waals surface area contributed by atoms with Crippen LogP contribution < -0.4 is 4.72 Å². The van der Waals surface area contributed by atoms with Crippen LogP contribution in [0.15, 0.2) is 28.2 Å². The zero-order valence-electron chi connectivity index (χ0n) is 9.83. The van der Waals surface area contributed by atoms with Crippen molar-refractivity contribution in [2.75, 3.05) is 13.1 Å². The fourth-order valence-electron chi connectivity index (χ4n) is 2.07. The second-order valence-corrected chi connectivity index (χ2v) is 5.90. The maximum absolute atomic E-state index is 11.9. The number of aryl methyl sites for hydroxylation is 2. The standard InChI is InChI=1S/C11H14N4O2S/c12-15-13-6-7-14-18(16,17)11-5-4-9-2-1-3-10(9)8-11/h4-5,8,14H,1-3,6-7H2. The molecule has 0 aliphatic heterocycles. The molecule has 2 rings (SSSR count). The van der Waals surface area contributed by atoms with Crippen LogP contribution in [0.5, 0.6) is 0 Å². The Balaban J connectivity index is 2.12. The van der Waals surface area contributed by atoms with Crippen LogP contribution in [0.25, 0.3) is 10.4 Å². The number of hydrogen-bond donors (Lipinski definition) is 1. The van der Waals surface area contributed by atoms with Crippen LogP contribution in [-0.4, -0.2) is 21.5 Å². The van der Waals surface area contributed by atoms with Gasteiger partial charge in [-0.15, -0.1) is 0 Å². The summed E-state index contributed by atoms with van der Waals surface area (Å²) < 4.78 is 26.3. The molecule has 0 saturated heterocycles. The van der Waals surface area contributed by atoms with Gasteiger partial charge in [0.2, 0.25) is 10.0 Å². The van der Waals surface area contributed by atoms with Crippen LogP contribution in [0.4, 0.5) is 0 Å². The third-order valence-electron chi connectivity index (χ3n) is 2.95. The van der Waals surface area contributed by atoms with Gasteiger partial charge in [-0.05, 0) is 48.1 Å². The molecular weight excluding hydrogens is 252 g/mol. The number of nitrogens with one attached hydrogen (secondary N) is 1. The third-order valence-corrected chi connectivity index (χ3v) is 4.41. The molecular formula is C11H14N4O2S. The highest BCUT2D eigenvalue weighted by molar-refractivity contribution is 7.89. The SMILES string of the molecule is [N-]=[N+]=NCCNS(=O)(=O)c1ccc2c(c1)CCC2. The highest BCUT2D eigenvalue weighted by atomic mass is 32.2. The Labute approximate surface area is 106 Å². The molecule has 0 radical (unpaired) electrons. The van der Waals surface area contributed by atoms with Gasteiger partial charge < -0.3 is 0 Å². The van der Waals surface area contributed by atoms with Crippen molar-refractivity contribution >= 4 is 10.0 Å². The van der Waals surface area contributed by atoms with Gasteiger partial charge in [0.05, 0.1) is 4.90 Å². The number of hydrogen-bond acceptors (Lipinski definition) is 3. The molecule has 0 atom stereocenters. The number of fused-ring (bicyclic) bond motifs is 1. The van der Waals surface area contributed by atoms with Gasteiger partial charge in [-0.25, -0.2) is 13.1 Å². The Morgan fingerprint density at radius 2 is 2.11 bits per heavy atom. The molecule has 1 N–H and O–H groups in total. The van der Waals surface area contributed by atoms with Crippen molar-refractivity contribution in [3.63, 3.8) is 0 Å². The summed E-state index contributed by atoms with van der Waals surface area (Å²) in [6.45, 7) is 0.226. The molecule has 0 aromatic heterocycles. The zero-order valence-corrected chi connectivity index (χ0v) is 10.7. The molecule has 0 bridgehead atoms. The van der Waals surface area contributed by atoms with Gasteiger partial charge in [0.25, 0.3) is 0 Å². The number of sulfonamides is 1. The normalized spacial score (nSPS) is 14.0. The van der Waals surface area contributed by atoms with Crippen molar-refractivity contribution in [1.29, 1.82) is 0 Å². The smallest absolute Gasteiger partial charge is 0.211 e. The van der Waals surface area contributed by atoms with Crippen LogP contribution >= 0.6 is 0 Å². The van der Waals surface area contributed by atoms with E-state index < -0.39 is 10.0 Å². The van der Waals surface area contributed by atoms with Crippen LogP contribution in [-0.2, 0) is 22.9 Å². The summed E-state index contributed by atoms with van der Waals surface area (Å²) in [6.07, 6.45) is 3.06. The van der Waals surface area contributed by atoms with Crippen molar-refractivity contribution in [3.8, 4) is 0 Å². The van der Waals surface area contributed by atoms with E-state index in [-0.39, 0.29) is 18.0 Å². The lowest BCUT2D eigenvalue weighted by atomic mass is 10.1. The van der Waals surface area contributed by atoms with Gasteiger partial charge in [0.1, 0.15) is 0 Å². The van der Waals surface area contributed by atoms with Crippen molar-refractivity contribution in [1.82, 2.24) is 4.72 Å². The van der Waals surface area contributed by atoms with E-state index in [0.717, 1.165) is 24.8 Å². The van der Waals surface area contributed by atoms with Crippen LogP contribution in [0.1, 0.15) is 17.5 Å². The molecule has 0 spiro atoms. The maximum atomic E-state index is 11.9. The summed E-state index contributed by atoms with van der Waals surface area (Å²) in [5.41, 5.74) is 10.5. The summed E-state index contributed by atoms with van der Waals surface area (Å²) >= 11 is 0. The van der Waals surface area contributed by atoms with E-state index in [1.165, 1.54) is 5.56 Å². The van der Waals surface area contributed by atoms with Crippen LogP contribution in [0.2, 0.25) is 0 Å². The molecule has 1 aromatic rings. The first kappa shape index (κ1) is 12.9. The van der Waals surface area contributed by atoms with Gasteiger partial charge in [-0.2, -0.15) is 0 Å². The first-order valence-corrected chi connectivity index (χ1v) is 7.24. The fourth-order valence-corrected chi connectivity index (χ4v) is 3.14. The predicted molar refractivity (Wildman–Crippen MR) is 67.7 cm³/mol. The predicted octanol–water partition coefficient (Wildman–Crippen LogP) is 1.76. The van der Waals surface area contributed by atoms with Crippen molar-refractivity contribution < 1.29 is 8.42 Å². The fraction of sp³-hybridized carbons (Fsp3) is 0.455. The first-order chi connectivity index (χ1) is 8.63. The molecule has 1 aliphatic rings. The Morgan fingerprint density at radius 1 is 1.33 bits per heavy atom. The Morgan fingerprint density at radius 3 is 2.89 bits per heavy atom. The lowest BCUT2D eigenvalue weighted by Crippen LogP contribution is -2.26. The lowest BCUT2D eigenvalue weighted by molar-refractivity contribution is 0.582. The second-order valence-electron chi connectivity index (χ2n) is 4.14. The largest absolute Gasteiger partial charge is 0.240 e. The minimum absolute atomic E-state index is 0.112. The summed E-state index contributed by atoms with van der Waals surface area (Å²) in [7, 11) is -3.50. The van der Waals surface area contributed by atoms with Crippen molar-refractivity contribution in [2.24, 2.45) is 5.11 Å². The van der Waals surface area contributed by atoms with E-state index in [9.17, 15) is 8.42 Å². The Hall–Kier alpha value is -1.56. The molecule has 0 heterocycles. The van der Waals surface area contributed by atoms with Gasteiger partial charge in [0, 0.05) is 18.0 Å². The molecule has 1 aliphatic carbocycles. The summed E-state index contributed by atoms with van der Waals surface area (Å²) in [6, 6.07) is 5.24. The second kappa shape index (κ2) is 5.39. The number of azide groups is 1. The average molecular weight is 266 g/mol. The molecule has 0 fully saturated rings.